The van der Waals surface area contributed by atoms with Crippen LogP contribution in [-0.2, 0) is 4.74 Å². The van der Waals surface area contributed by atoms with Crippen LogP contribution in [-0.4, -0.2) is 18.2 Å². The molecule has 2 nitrogen and oxygen atoms in total. The summed E-state index contributed by atoms with van der Waals surface area (Å²) in [4.78, 5) is 0. The monoisotopic (exact) mass is 211 g/mol. The molecule has 4 unspecified atom stereocenters. The van der Waals surface area contributed by atoms with E-state index < -0.39 is 0 Å². The van der Waals surface area contributed by atoms with Gasteiger partial charge in [-0.25, -0.2) is 0 Å². The molecule has 0 aromatic heterocycles. The fourth-order valence-corrected chi connectivity index (χ4v) is 3.11. The van der Waals surface area contributed by atoms with Crippen LogP contribution in [0.3, 0.4) is 0 Å². The highest BCUT2D eigenvalue weighted by atomic mass is 16.5. The van der Waals surface area contributed by atoms with Gasteiger partial charge in [0.1, 0.15) is 0 Å². The van der Waals surface area contributed by atoms with Crippen molar-refractivity contribution in [3.05, 3.63) is 0 Å². The molecule has 0 saturated heterocycles. The summed E-state index contributed by atoms with van der Waals surface area (Å²) in [5, 5.41) is 0. The van der Waals surface area contributed by atoms with Crippen LogP contribution in [0.25, 0.3) is 0 Å². The Kier molecular flexibility index (Phi) is 4.04. The maximum Gasteiger partial charge on any atom is 0.0729 e. The molecule has 0 spiro atoms. The molecule has 0 radical (unpaired) electrons. The number of rotatable bonds is 3. The van der Waals surface area contributed by atoms with Crippen LogP contribution in [0.4, 0.5) is 0 Å². The van der Waals surface area contributed by atoms with Crippen molar-refractivity contribution in [2.45, 2.75) is 76.5 Å². The summed E-state index contributed by atoms with van der Waals surface area (Å²) in [5.41, 5.74) is 6.04. The number of hydrogen-bond donors (Lipinski definition) is 1. The molecule has 2 heteroatoms. The molecule has 0 aromatic rings. The van der Waals surface area contributed by atoms with Crippen LogP contribution >= 0.6 is 0 Å². The Morgan fingerprint density at radius 3 is 2.60 bits per heavy atom. The quantitative estimate of drug-likeness (QED) is 0.779. The summed E-state index contributed by atoms with van der Waals surface area (Å²) in [6.45, 7) is 2.30. The first-order chi connectivity index (χ1) is 7.29. The standard InChI is InChI=1S/C13H25NO/c1-2-10-5-3-6-11(9-10)15-13-8-4-7-12(13)14/h10-13H,2-9,14H2,1H3. The molecular formula is C13H25NO. The van der Waals surface area contributed by atoms with Gasteiger partial charge in [-0.1, -0.05) is 26.2 Å². The average molecular weight is 211 g/mol. The molecule has 2 rings (SSSR count). The summed E-state index contributed by atoms with van der Waals surface area (Å²) in [7, 11) is 0. The highest BCUT2D eigenvalue weighted by molar-refractivity contribution is 4.83. The van der Waals surface area contributed by atoms with Gasteiger partial charge < -0.3 is 10.5 Å². The zero-order chi connectivity index (χ0) is 10.7. The van der Waals surface area contributed by atoms with Crippen molar-refractivity contribution in [3.8, 4) is 0 Å². The summed E-state index contributed by atoms with van der Waals surface area (Å²) >= 11 is 0. The Morgan fingerprint density at radius 1 is 1.13 bits per heavy atom. The first kappa shape index (κ1) is 11.4. The summed E-state index contributed by atoms with van der Waals surface area (Å²) in [6, 6.07) is 0.312. The van der Waals surface area contributed by atoms with E-state index in [0.29, 0.717) is 18.2 Å². The molecule has 0 bridgehead atoms. The van der Waals surface area contributed by atoms with Crippen molar-refractivity contribution in [1.29, 1.82) is 0 Å². The fourth-order valence-electron chi connectivity index (χ4n) is 3.11. The molecule has 0 amide bonds. The molecule has 0 aromatic carbocycles. The fraction of sp³-hybridized carbons (Fsp3) is 1.00. The lowest BCUT2D eigenvalue weighted by molar-refractivity contribution is -0.0431. The second-order valence-corrected chi connectivity index (χ2v) is 5.33. The predicted octanol–water partition coefficient (Wildman–Crippen LogP) is 2.85. The molecule has 4 atom stereocenters. The van der Waals surface area contributed by atoms with E-state index in [4.69, 9.17) is 10.5 Å². The van der Waals surface area contributed by atoms with Crippen molar-refractivity contribution in [2.75, 3.05) is 0 Å². The zero-order valence-electron chi connectivity index (χ0n) is 9.95. The van der Waals surface area contributed by atoms with E-state index in [2.05, 4.69) is 6.92 Å². The Bertz CT molecular complexity index is 195. The van der Waals surface area contributed by atoms with Crippen molar-refractivity contribution in [3.63, 3.8) is 0 Å². The van der Waals surface area contributed by atoms with Crippen molar-refractivity contribution >= 4 is 0 Å². The minimum atomic E-state index is 0.312. The van der Waals surface area contributed by atoms with Crippen LogP contribution in [0, 0.1) is 5.92 Å². The maximum absolute atomic E-state index is 6.17. The molecule has 0 heterocycles. The molecule has 2 aliphatic rings. The molecule has 0 aliphatic heterocycles. The van der Waals surface area contributed by atoms with Crippen LogP contribution in [0.5, 0.6) is 0 Å². The number of hydrogen-bond acceptors (Lipinski definition) is 2. The van der Waals surface area contributed by atoms with Gasteiger partial charge in [0, 0.05) is 6.04 Å². The molecule has 2 saturated carbocycles. The Hall–Kier alpha value is -0.0800. The van der Waals surface area contributed by atoms with Crippen LogP contribution in [0.1, 0.15) is 58.3 Å². The van der Waals surface area contributed by atoms with Gasteiger partial charge >= 0.3 is 0 Å². The van der Waals surface area contributed by atoms with Gasteiger partial charge in [-0.15, -0.1) is 0 Å². The SMILES string of the molecule is CCC1CCCC(OC2CCCC2N)C1. The normalized spacial score (nSPS) is 42.0. The van der Waals surface area contributed by atoms with Crippen LogP contribution < -0.4 is 5.73 Å². The third-order valence-corrected chi connectivity index (χ3v) is 4.18. The van der Waals surface area contributed by atoms with Gasteiger partial charge in [-0.2, -0.15) is 0 Å². The Balaban J connectivity index is 1.78. The summed E-state index contributed by atoms with van der Waals surface area (Å²) in [6.07, 6.45) is 11.1. The summed E-state index contributed by atoms with van der Waals surface area (Å²) in [5.74, 6) is 0.904. The van der Waals surface area contributed by atoms with Crippen molar-refractivity contribution in [2.24, 2.45) is 11.7 Å². The second-order valence-electron chi connectivity index (χ2n) is 5.33. The predicted molar refractivity (Wildman–Crippen MR) is 62.7 cm³/mol. The van der Waals surface area contributed by atoms with Gasteiger partial charge in [0.2, 0.25) is 0 Å². The maximum atomic E-state index is 6.17. The molecule has 2 N–H and O–H groups in total. The highest BCUT2D eigenvalue weighted by Crippen LogP contribution is 2.31. The average Bonchev–Trinajstić information content (AvgIpc) is 2.65. The van der Waals surface area contributed by atoms with Crippen LogP contribution in [0.15, 0.2) is 0 Å². The van der Waals surface area contributed by atoms with Gasteiger partial charge in [-0.05, 0) is 38.0 Å². The van der Waals surface area contributed by atoms with Crippen molar-refractivity contribution < 1.29 is 4.74 Å². The minimum Gasteiger partial charge on any atom is -0.373 e. The highest BCUT2D eigenvalue weighted by Gasteiger charge is 2.29. The van der Waals surface area contributed by atoms with Gasteiger partial charge in [-0.3, -0.25) is 0 Å². The molecular weight excluding hydrogens is 186 g/mol. The lowest BCUT2D eigenvalue weighted by Gasteiger charge is -2.31. The zero-order valence-corrected chi connectivity index (χ0v) is 9.95. The van der Waals surface area contributed by atoms with Gasteiger partial charge in [0.05, 0.1) is 12.2 Å². The van der Waals surface area contributed by atoms with E-state index in [1.54, 1.807) is 0 Å². The second kappa shape index (κ2) is 5.31. The molecule has 2 fully saturated rings. The number of ether oxygens (including phenoxy) is 1. The lowest BCUT2D eigenvalue weighted by Crippen LogP contribution is -2.36. The lowest BCUT2D eigenvalue weighted by atomic mass is 9.85. The minimum absolute atomic E-state index is 0.312. The first-order valence-electron chi connectivity index (χ1n) is 6.70. The van der Waals surface area contributed by atoms with E-state index in [1.165, 1.54) is 44.9 Å². The number of nitrogens with two attached hydrogens (primary N) is 1. The van der Waals surface area contributed by atoms with E-state index in [-0.39, 0.29) is 0 Å². The molecule has 2 aliphatic carbocycles. The van der Waals surface area contributed by atoms with Crippen LogP contribution in [0.2, 0.25) is 0 Å². The van der Waals surface area contributed by atoms with E-state index in [0.717, 1.165) is 12.3 Å². The van der Waals surface area contributed by atoms with E-state index in [1.807, 2.05) is 0 Å². The summed E-state index contributed by atoms with van der Waals surface area (Å²) < 4.78 is 6.17. The van der Waals surface area contributed by atoms with E-state index in [9.17, 15) is 0 Å². The van der Waals surface area contributed by atoms with Gasteiger partial charge in [0.25, 0.3) is 0 Å². The van der Waals surface area contributed by atoms with E-state index >= 15 is 0 Å². The third-order valence-electron chi connectivity index (χ3n) is 4.18. The smallest absolute Gasteiger partial charge is 0.0729 e. The Labute approximate surface area is 93.6 Å². The van der Waals surface area contributed by atoms with Gasteiger partial charge in [0.15, 0.2) is 0 Å². The molecule has 15 heavy (non-hydrogen) atoms. The Morgan fingerprint density at radius 2 is 1.93 bits per heavy atom. The first-order valence-corrected chi connectivity index (χ1v) is 6.70. The molecule has 88 valence electrons. The topological polar surface area (TPSA) is 35.2 Å². The third kappa shape index (κ3) is 2.94. The largest absolute Gasteiger partial charge is 0.373 e. The van der Waals surface area contributed by atoms with Crippen molar-refractivity contribution in [1.82, 2.24) is 0 Å².